The average Bonchev–Trinajstić information content (AvgIpc) is 2.51. The molecule has 2 aromatic rings. The Hall–Kier alpha value is -2.49. The zero-order chi connectivity index (χ0) is 14.9. The van der Waals surface area contributed by atoms with Crippen LogP contribution in [-0.4, -0.2) is 19.4 Å². The molecule has 0 fully saturated rings. The van der Waals surface area contributed by atoms with Crippen LogP contribution in [0.1, 0.15) is 19.4 Å². The van der Waals surface area contributed by atoms with Crippen LogP contribution in [0.5, 0.6) is 11.5 Å². The van der Waals surface area contributed by atoms with Crippen LogP contribution in [0.25, 0.3) is 0 Å². The SMILES string of the molecule is CCOc1ccc(/C=N/Nc2ccccc2)cc1OCC. The molecule has 2 rings (SSSR count). The lowest BCUT2D eigenvalue weighted by molar-refractivity contribution is 0.288. The molecule has 0 heterocycles. The summed E-state index contributed by atoms with van der Waals surface area (Å²) in [6.45, 7) is 5.12. The van der Waals surface area contributed by atoms with Gasteiger partial charge >= 0.3 is 0 Å². The van der Waals surface area contributed by atoms with Crippen LogP contribution in [0.3, 0.4) is 0 Å². The summed E-state index contributed by atoms with van der Waals surface area (Å²) in [4.78, 5) is 0. The first-order valence-corrected chi connectivity index (χ1v) is 7.07. The molecule has 0 atom stereocenters. The van der Waals surface area contributed by atoms with Crippen molar-refractivity contribution in [3.05, 3.63) is 54.1 Å². The zero-order valence-electron chi connectivity index (χ0n) is 12.4. The summed E-state index contributed by atoms with van der Waals surface area (Å²) in [5.41, 5.74) is 4.88. The van der Waals surface area contributed by atoms with Crippen LogP contribution < -0.4 is 14.9 Å². The first kappa shape index (κ1) is 14.9. The Morgan fingerprint density at radius 3 is 2.38 bits per heavy atom. The van der Waals surface area contributed by atoms with E-state index >= 15 is 0 Å². The van der Waals surface area contributed by atoms with Crippen molar-refractivity contribution in [2.75, 3.05) is 18.6 Å². The van der Waals surface area contributed by atoms with E-state index < -0.39 is 0 Å². The van der Waals surface area contributed by atoms with Crippen LogP contribution >= 0.6 is 0 Å². The minimum absolute atomic E-state index is 0.600. The van der Waals surface area contributed by atoms with Gasteiger partial charge in [-0.05, 0) is 49.7 Å². The van der Waals surface area contributed by atoms with E-state index in [4.69, 9.17) is 9.47 Å². The Bertz CT molecular complexity index is 583. The number of rotatable bonds is 7. The molecule has 0 aromatic heterocycles. The third-order valence-electron chi connectivity index (χ3n) is 2.75. The number of nitrogens with zero attached hydrogens (tertiary/aromatic N) is 1. The number of para-hydroxylation sites is 1. The molecule has 110 valence electrons. The topological polar surface area (TPSA) is 42.8 Å². The molecular weight excluding hydrogens is 264 g/mol. The van der Waals surface area contributed by atoms with E-state index in [-0.39, 0.29) is 0 Å². The van der Waals surface area contributed by atoms with E-state index in [1.807, 2.05) is 62.4 Å². The molecule has 0 radical (unpaired) electrons. The number of benzene rings is 2. The fourth-order valence-corrected chi connectivity index (χ4v) is 1.84. The lowest BCUT2D eigenvalue weighted by atomic mass is 10.2. The first-order chi connectivity index (χ1) is 10.3. The molecule has 0 unspecified atom stereocenters. The van der Waals surface area contributed by atoms with Gasteiger partial charge in [0.05, 0.1) is 25.1 Å². The van der Waals surface area contributed by atoms with E-state index in [1.165, 1.54) is 0 Å². The van der Waals surface area contributed by atoms with E-state index in [9.17, 15) is 0 Å². The highest BCUT2D eigenvalue weighted by Gasteiger charge is 2.04. The summed E-state index contributed by atoms with van der Waals surface area (Å²) >= 11 is 0. The summed E-state index contributed by atoms with van der Waals surface area (Å²) in [5.74, 6) is 1.50. The van der Waals surface area contributed by atoms with Gasteiger partial charge in [-0.15, -0.1) is 0 Å². The number of ether oxygens (including phenoxy) is 2. The predicted octanol–water partition coefficient (Wildman–Crippen LogP) is 3.93. The number of anilines is 1. The van der Waals surface area contributed by atoms with E-state index in [0.717, 1.165) is 22.7 Å². The van der Waals surface area contributed by atoms with Gasteiger partial charge in [-0.1, -0.05) is 18.2 Å². The Balaban J connectivity index is 2.07. The fourth-order valence-electron chi connectivity index (χ4n) is 1.84. The smallest absolute Gasteiger partial charge is 0.161 e. The van der Waals surface area contributed by atoms with Gasteiger partial charge in [0, 0.05) is 0 Å². The van der Waals surface area contributed by atoms with Crippen molar-refractivity contribution in [3.8, 4) is 11.5 Å². The van der Waals surface area contributed by atoms with Gasteiger partial charge in [0.2, 0.25) is 0 Å². The largest absolute Gasteiger partial charge is 0.490 e. The van der Waals surface area contributed by atoms with Crippen molar-refractivity contribution >= 4 is 11.9 Å². The normalized spacial score (nSPS) is 10.6. The number of hydrogen-bond acceptors (Lipinski definition) is 4. The number of hydrazone groups is 1. The second-order valence-electron chi connectivity index (χ2n) is 4.31. The lowest BCUT2D eigenvalue weighted by Crippen LogP contribution is -1.99. The van der Waals surface area contributed by atoms with Crippen molar-refractivity contribution in [1.29, 1.82) is 0 Å². The summed E-state index contributed by atoms with van der Waals surface area (Å²) in [6, 6.07) is 15.6. The molecule has 21 heavy (non-hydrogen) atoms. The molecule has 0 aliphatic rings. The van der Waals surface area contributed by atoms with Crippen LogP contribution in [-0.2, 0) is 0 Å². The van der Waals surface area contributed by atoms with Crippen molar-refractivity contribution in [1.82, 2.24) is 0 Å². The summed E-state index contributed by atoms with van der Waals surface area (Å²) in [7, 11) is 0. The zero-order valence-corrected chi connectivity index (χ0v) is 12.4. The minimum Gasteiger partial charge on any atom is -0.490 e. The van der Waals surface area contributed by atoms with Crippen molar-refractivity contribution in [2.24, 2.45) is 5.10 Å². The molecular formula is C17H20N2O2. The molecule has 1 N–H and O–H groups in total. The second kappa shape index (κ2) is 7.94. The quantitative estimate of drug-likeness (QED) is 0.619. The van der Waals surface area contributed by atoms with Crippen LogP contribution in [0.15, 0.2) is 53.6 Å². The van der Waals surface area contributed by atoms with Gasteiger partial charge in [-0.2, -0.15) is 5.10 Å². The highest BCUT2D eigenvalue weighted by atomic mass is 16.5. The number of nitrogens with one attached hydrogen (secondary N) is 1. The maximum absolute atomic E-state index is 5.59. The predicted molar refractivity (Wildman–Crippen MR) is 86.4 cm³/mol. The van der Waals surface area contributed by atoms with Gasteiger partial charge in [-0.3, -0.25) is 5.43 Å². The lowest BCUT2D eigenvalue weighted by Gasteiger charge is -2.11. The maximum Gasteiger partial charge on any atom is 0.161 e. The molecule has 0 saturated heterocycles. The van der Waals surface area contributed by atoms with Gasteiger partial charge in [-0.25, -0.2) is 0 Å². The third-order valence-corrected chi connectivity index (χ3v) is 2.75. The summed E-state index contributed by atoms with van der Waals surface area (Å²) < 4.78 is 11.1. The Morgan fingerprint density at radius 1 is 0.952 bits per heavy atom. The second-order valence-corrected chi connectivity index (χ2v) is 4.31. The molecule has 4 heteroatoms. The molecule has 0 aliphatic heterocycles. The van der Waals surface area contributed by atoms with Crippen LogP contribution in [0.2, 0.25) is 0 Å². The monoisotopic (exact) mass is 284 g/mol. The Kier molecular flexibility index (Phi) is 5.64. The van der Waals surface area contributed by atoms with Crippen LogP contribution in [0.4, 0.5) is 5.69 Å². The molecule has 0 saturated carbocycles. The first-order valence-electron chi connectivity index (χ1n) is 7.07. The van der Waals surface area contributed by atoms with Gasteiger partial charge in [0.1, 0.15) is 0 Å². The number of hydrogen-bond donors (Lipinski definition) is 1. The Morgan fingerprint density at radius 2 is 1.67 bits per heavy atom. The maximum atomic E-state index is 5.59. The van der Waals surface area contributed by atoms with Gasteiger partial charge < -0.3 is 9.47 Å². The van der Waals surface area contributed by atoms with E-state index in [1.54, 1.807) is 6.21 Å². The standard InChI is InChI=1S/C17H20N2O2/c1-3-20-16-11-10-14(12-17(16)21-4-2)13-18-19-15-8-6-5-7-9-15/h5-13,19H,3-4H2,1-2H3/b18-13+. The fraction of sp³-hybridized carbons (Fsp3) is 0.235. The van der Waals surface area contributed by atoms with E-state index in [0.29, 0.717) is 13.2 Å². The van der Waals surface area contributed by atoms with E-state index in [2.05, 4.69) is 10.5 Å². The highest BCUT2D eigenvalue weighted by Crippen LogP contribution is 2.28. The van der Waals surface area contributed by atoms with Gasteiger partial charge in [0.25, 0.3) is 0 Å². The molecule has 0 spiro atoms. The highest BCUT2D eigenvalue weighted by molar-refractivity contribution is 5.81. The Labute approximate surface area is 125 Å². The van der Waals surface area contributed by atoms with Crippen molar-refractivity contribution in [3.63, 3.8) is 0 Å². The molecule has 0 amide bonds. The van der Waals surface area contributed by atoms with Gasteiger partial charge in [0.15, 0.2) is 11.5 Å². The van der Waals surface area contributed by atoms with Crippen molar-refractivity contribution in [2.45, 2.75) is 13.8 Å². The van der Waals surface area contributed by atoms with Crippen molar-refractivity contribution < 1.29 is 9.47 Å². The molecule has 4 nitrogen and oxygen atoms in total. The minimum atomic E-state index is 0.600. The molecule has 2 aromatic carbocycles. The summed E-state index contributed by atoms with van der Waals surface area (Å²) in [6.07, 6.45) is 1.76. The molecule has 0 aliphatic carbocycles. The average molecular weight is 284 g/mol. The molecule has 0 bridgehead atoms. The van der Waals surface area contributed by atoms with Crippen LogP contribution in [0, 0.1) is 0 Å². The third kappa shape index (κ3) is 4.53. The summed E-state index contributed by atoms with van der Waals surface area (Å²) in [5, 5.41) is 4.22.